The minimum absolute atomic E-state index is 0. The smallest absolute Gasteiger partial charge is 0.375 e. The second kappa shape index (κ2) is 6.33. The van der Waals surface area contributed by atoms with Crippen LogP contribution in [0.1, 0.15) is 10.6 Å². The van der Waals surface area contributed by atoms with E-state index in [0.717, 1.165) is 6.54 Å². The molecular formula is C7H13ClN4O2. The molecule has 0 bridgehead atoms. The van der Waals surface area contributed by atoms with Crippen molar-refractivity contribution in [3.05, 3.63) is 12.2 Å². The van der Waals surface area contributed by atoms with Crippen LogP contribution in [-0.4, -0.2) is 41.4 Å². The molecule has 7 heteroatoms. The summed E-state index contributed by atoms with van der Waals surface area (Å²) in [5.74, 6) is -0.230. The van der Waals surface area contributed by atoms with E-state index in [1.807, 2.05) is 7.05 Å². The highest BCUT2D eigenvalue weighted by Crippen LogP contribution is 1.95. The molecule has 0 spiro atoms. The first-order chi connectivity index (χ1) is 6.29. The fraction of sp³-hybridized carbons (Fsp3) is 0.571. The molecule has 0 atom stereocenters. The summed E-state index contributed by atoms with van der Waals surface area (Å²) in [5.41, 5.74) is 0. The van der Waals surface area contributed by atoms with Gasteiger partial charge in [-0.15, -0.1) is 12.4 Å². The monoisotopic (exact) mass is 220 g/mol. The zero-order valence-electron chi connectivity index (χ0n) is 8.06. The number of methoxy groups -OCH3 is 1. The van der Waals surface area contributed by atoms with E-state index in [2.05, 4.69) is 20.1 Å². The maximum absolute atomic E-state index is 11.1. The van der Waals surface area contributed by atoms with Crippen molar-refractivity contribution < 1.29 is 9.53 Å². The molecule has 0 aliphatic heterocycles. The second-order valence-corrected chi connectivity index (χ2v) is 2.40. The predicted molar refractivity (Wildman–Crippen MR) is 52.5 cm³/mol. The fourth-order valence-corrected chi connectivity index (χ4v) is 0.895. The first-order valence-electron chi connectivity index (χ1n) is 3.90. The third kappa shape index (κ3) is 2.97. The van der Waals surface area contributed by atoms with E-state index in [1.165, 1.54) is 18.1 Å². The number of halogens is 1. The van der Waals surface area contributed by atoms with Crippen LogP contribution in [-0.2, 0) is 11.3 Å². The van der Waals surface area contributed by atoms with Gasteiger partial charge in [0.25, 0.3) is 0 Å². The molecule has 14 heavy (non-hydrogen) atoms. The van der Waals surface area contributed by atoms with Gasteiger partial charge in [-0.3, -0.25) is 0 Å². The Morgan fingerprint density at radius 2 is 2.43 bits per heavy atom. The quantitative estimate of drug-likeness (QED) is 0.706. The van der Waals surface area contributed by atoms with E-state index in [0.29, 0.717) is 6.54 Å². The standard InChI is InChI=1S/C7H12N4O2.ClH/c1-8-3-4-11-6(7(12)13-2)9-5-10-11;/h5,8H,3-4H2,1-2H3;1H. The second-order valence-electron chi connectivity index (χ2n) is 2.40. The third-order valence-corrected chi connectivity index (χ3v) is 1.56. The number of likely N-dealkylation sites (N-methyl/N-ethyl adjacent to an activating group) is 1. The Bertz CT molecular complexity index is 289. The van der Waals surface area contributed by atoms with Gasteiger partial charge in [-0.2, -0.15) is 5.10 Å². The lowest BCUT2D eigenvalue weighted by atomic mass is 10.5. The first kappa shape index (κ1) is 12.9. The number of nitrogens with zero attached hydrogens (tertiary/aromatic N) is 3. The van der Waals surface area contributed by atoms with Crippen molar-refractivity contribution in [3.63, 3.8) is 0 Å². The van der Waals surface area contributed by atoms with Crippen molar-refractivity contribution in [1.29, 1.82) is 0 Å². The number of ether oxygens (including phenoxy) is 1. The van der Waals surface area contributed by atoms with Crippen LogP contribution in [0, 0.1) is 0 Å². The Morgan fingerprint density at radius 3 is 3.00 bits per heavy atom. The van der Waals surface area contributed by atoms with Crippen LogP contribution in [0.3, 0.4) is 0 Å². The summed E-state index contributed by atoms with van der Waals surface area (Å²) in [7, 11) is 3.15. The summed E-state index contributed by atoms with van der Waals surface area (Å²) in [6.07, 6.45) is 1.34. The van der Waals surface area contributed by atoms with Gasteiger partial charge in [0.1, 0.15) is 6.33 Å². The highest BCUT2D eigenvalue weighted by atomic mass is 35.5. The molecule has 0 radical (unpaired) electrons. The molecule has 0 amide bonds. The lowest BCUT2D eigenvalue weighted by Crippen LogP contribution is -2.20. The van der Waals surface area contributed by atoms with Gasteiger partial charge in [-0.25, -0.2) is 14.5 Å². The van der Waals surface area contributed by atoms with Crippen LogP contribution in [0.15, 0.2) is 6.33 Å². The highest BCUT2D eigenvalue weighted by Gasteiger charge is 2.12. The number of carbonyl (C=O) groups excluding carboxylic acids is 1. The van der Waals surface area contributed by atoms with Crippen LogP contribution < -0.4 is 5.32 Å². The topological polar surface area (TPSA) is 69.0 Å². The zero-order chi connectivity index (χ0) is 9.68. The molecule has 1 N–H and O–H groups in total. The molecule has 0 aliphatic carbocycles. The largest absolute Gasteiger partial charge is 0.463 e. The molecule has 0 saturated heterocycles. The SMILES string of the molecule is CNCCn1ncnc1C(=O)OC.Cl. The molecule has 1 aromatic heterocycles. The molecule has 80 valence electrons. The summed E-state index contributed by atoms with van der Waals surface area (Å²) in [6, 6.07) is 0. The summed E-state index contributed by atoms with van der Waals surface area (Å²) in [4.78, 5) is 14.9. The maximum Gasteiger partial charge on any atom is 0.375 e. The molecule has 1 rings (SSSR count). The maximum atomic E-state index is 11.1. The van der Waals surface area contributed by atoms with Crippen LogP contribution in [0.5, 0.6) is 0 Å². The van der Waals surface area contributed by atoms with Gasteiger partial charge in [0.15, 0.2) is 0 Å². The van der Waals surface area contributed by atoms with E-state index in [4.69, 9.17) is 0 Å². The predicted octanol–water partition coefficient (Wildman–Crippen LogP) is -0.294. The Labute approximate surface area is 88.1 Å². The van der Waals surface area contributed by atoms with Gasteiger partial charge in [-0.1, -0.05) is 0 Å². The van der Waals surface area contributed by atoms with Crippen molar-refractivity contribution in [2.75, 3.05) is 20.7 Å². The lowest BCUT2D eigenvalue weighted by Gasteiger charge is -2.02. The van der Waals surface area contributed by atoms with Crippen LogP contribution in [0.25, 0.3) is 0 Å². The number of aromatic nitrogens is 3. The summed E-state index contributed by atoms with van der Waals surface area (Å²) < 4.78 is 6.03. The Balaban J connectivity index is 0.00000169. The van der Waals surface area contributed by atoms with E-state index in [1.54, 1.807) is 0 Å². The number of hydrogen-bond acceptors (Lipinski definition) is 5. The first-order valence-corrected chi connectivity index (χ1v) is 3.90. The molecule has 1 heterocycles. The van der Waals surface area contributed by atoms with Crippen LogP contribution in [0.2, 0.25) is 0 Å². The van der Waals surface area contributed by atoms with E-state index in [-0.39, 0.29) is 18.2 Å². The minimum Gasteiger partial charge on any atom is -0.463 e. The van der Waals surface area contributed by atoms with E-state index in [9.17, 15) is 4.79 Å². The van der Waals surface area contributed by atoms with Gasteiger partial charge < -0.3 is 10.1 Å². The average molecular weight is 221 g/mol. The zero-order valence-corrected chi connectivity index (χ0v) is 8.87. The van der Waals surface area contributed by atoms with Crippen molar-refractivity contribution in [3.8, 4) is 0 Å². The number of nitrogens with one attached hydrogen (secondary N) is 1. The normalized spacial score (nSPS) is 9.29. The lowest BCUT2D eigenvalue weighted by molar-refractivity contribution is 0.0579. The Morgan fingerprint density at radius 1 is 1.71 bits per heavy atom. The van der Waals surface area contributed by atoms with Crippen molar-refractivity contribution >= 4 is 18.4 Å². The van der Waals surface area contributed by atoms with Crippen molar-refractivity contribution in [1.82, 2.24) is 20.1 Å². The average Bonchev–Trinajstić information content (AvgIpc) is 2.61. The molecule has 0 aliphatic rings. The van der Waals surface area contributed by atoms with Crippen molar-refractivity contribution in [2.45, 2.75) is 6.54 Å². The number of carbonyl (C=O) groups is 1. The Kier molecular flexibility index (Phi) is 5.82. The van der Waals surface area contributed by atoms with Gasteiger partial charge in [0.05, 0.1) is 13.7 Å². The molecule has 0 aromatic carbocycles. The summed E-state index contributed by atoms with van der Waals surface area (Å²) in [5, 5.41) is 6.84. The Hall–Kier alpha value is -1.14. The number of rotatable bonds is 4. The van der Waals surface area contributed by atoms with Gasteiger partial charge in [0.2, 0.25) is 5.82 Å². The van der Waals surface area contributed by atoms with Gasteiger partial charge >= 0.3 is 5.97 Å². The van der Waals surface area contributed by atoms with Crippen LogP contribution in [0.4, 0.5) is 0 Å². The number of hydrogen-bond donors (Lipinski definition) is 1. The molecule has 0 fully saturated rings. The van der Waals surface area contributed by atoms with Gasteiger partial charge in [-0.05, 0) is 7.05 Å². The molecule has 0 unspecified atom stereocenters. The third-order valence-electron chi connectivity index (χ3n) is 1.56. The number of esters is 1. The highest BCUT2D eigenvalue weighted by molar-refractivity contribution is 5.85. The van der Waals surface area contributed by atoms with Gasteiger partial charge in [0, 0.05) is 6.54 Å². The molecular weight excluding hydrogens is 208 g/mol. The summed E-state index contributed by atoms with van der Waals surface area (Å²) in [6.45, 7) is 1.33. The molecule has 1 aromatic rings. The molecule has 6 nitrogen and oxygen atoms in total. The van der Waals surface area contributed by atoms with Crippen molar-refractivity contribution in [2.24, 2.45) is 0 Å². The van der Waals surface area contributed by atoms with E-state index < -0.39 is 5.97 Å². The van der Waals surface area contributed by atoms with Crippen LogP contribution >= 0.6 is 12.4 Å². The van der Waals surface area contributed by atoms with E-state index >= 15 is 0 Å². The minimum atomic E-state index is -0.464. The fourth-order valence-electron chi connectivity index (χ4n) is 0.895. The molecule has 0 saturated carbocycles. The summed E-state index contributed by atoms with van der Waals surface area (Å²) >= 11 is 0.